The van der Waals surface area contributed by atoms with Crippen LogP contribution in [0.5, 0.6) is 5.88 Å². The Bertz CT molecular complexity index is 419. The van der Waals surface area contributed by atoms with Crippen molar-refractivity contribution in [3.05, 3.63) is 23.6 Å². The largest absolute Gasteiger partial charge is 0.481 e. The first-order valence-electron chi connectivity index (χ1n) is 4.33. The first kappa shape index (κ1) is 13.2. The van der Waals surface area contributed by atoms with Crippen molar-refractivity contribution in [3.8, 4) is 5.88 Å². The highest BCUT2D eigenvalue weighted by atomic mass is 19.4. The van der Waals surface area contributed by atoms with Crippen LogP contribution in [0.4, 0.5) is 17.6 Å². The second-order valence-electron chi connectivity index (χ2n) is 3.10. The van der Waals surface area contributed by atoms with Crippen LogP contribution < -0.4 is 4.74 Å². The molecule has 0 radical (unpaired) electrons. The molecule has 0 aliphatic heterocycles. The molecule has 0 fully saturated rings. The van der Waals surface area contributed by atoms with Crippen molar-refractivity contribution in [2.45, 2.75) is 12.6 Å². The van der Waals surface area contributed by atoms with Crippen molar-refractivity contribution >= 4 is 5.97 Å². The van der Waals surface area contributed by atoms with E-state index >= 15 is 0 Å². The Morgan fingerprint density at radius 2 is 2.12 bits per heavy atom. The molecular formula is C9H7F4NO3. The van der Waals surface area contributed by atoms with Crippen LogP contribution in [0.1, 0.15) is 5.56 Å². The molecule has 4 nitrogen and oxygen atoms in total. The molecule has 1 aromatic heterocycles. The molecule has 17 heavy (non-hydrogen) atoms. The molecule has 0 unspecified atom stereocenters. The van der Waals surface area contributed by atoms with Crippen molar-refractivity contribution in [1.29, 1.82) is 0 Å². The minimum absolute atomic E-state index is 0.0364. The molecule has 0 atom stereocenters. The molecule has 1 rings (SSSR count). The van der Waals surface area contributed by atoms with Gasteiger partial charge in [0.25, 0.3) is 5.88 Å². The number of hydrogen-bond acceptors (Lipinski definition) is 3. The SMILES string of the molecule is O=C(O)Cc1cnc(OCC(F)(F)F)c(F)c1. The van der Waals surface area contributed by atoms with Crippen LogP contribution in [0, 0.1) is 5.82 Å². The molecular weight excluding hydrogens is 246 g/mol. The van der Waals surface area contributed by atoms with E-state index in [1.807, 2.05) is 0 Å². The summed E-state index contributed by atoms with van der Waals surface area (Å²) in [5, 5.41) is 8.41. The van der Waals surface area contributed by atoms with Crippen molar-refractivity contribution in [2.24, 2.45) is 0 Å². The molecule has 1 heterocycles. The molecule has 0 saturated carbocycles. The number of halogens is 4. The van der Waals surface area contributed by atoms with Gasteiger partial charge in [0.2, 0.25) is 0 Å². The Hall–Kier alpha value is -1.86. The van der Waals surface area contributed by atoms with E-state index in [1.54, 1.807) is 0 Å². The number of carbonyl (C=O) groups is 1. The lowest BCUT2D eigenvalue weighted by atomic mass is 10.2. The van der Waals surface area contributed by atoms with Crippen LogP contribution in [-0.2, 0) is 11.2 Å². The van der Waals surface area contributed by atoms with E-state index < -0.39 is 36.9 Å². The molecule has 94 valence electrons. The number of ether oxygens (including phenoxy) is 1. The van der Waals surface area contributed by atoms with Gasteiger partial charge in [0.15, 0.2) is 12.4 Å². The number of aliphatic carboxylic acids is 1. The predicted octanol–water partition coefficient (Wildman–Crippen LogP) is 1.79. The summed E-state index contributed by atoms with van der Waals surface area (Å²) in [4.78, 5) is 13.6. The minimum Gasteiger partial charge on any atom is -0.481 e. The highest BCUT2D eigenvalue weighted by Gasteiger charge is 2.29. The Morgan fingerprint density at radius 1 is 1.47 bits per heavy atom. The van der Waals surface area contributed by atoms with Gasteiger partial charge in [-0.05, 0) is 11.6 Å². The van der Waals surface area contributed by atoms with E-state index in [-0.39, 0.29) is 5.56 Å². The number of hydrogen-bond donors (Lipinski definition) is 1. The van der Waals surface area contributed by atoms with Crippen LogP contribution in [0.25, 0.3) is 0 Å². The third-order valence-corrected chi connectivity index (χ3v) is 1.59. The topological polar surface area (TPSA) is 59.4 Å². The summed E-state index contributed by atoms with van der Waals surface area (Å²) >= 11 is 0. The van der Waals surface area contributed by atoms with Crippen molar-refractivity contribution in [1.82, 2.24) is 4.98 Å². The fourth-order valence-electron chi connectivity index (χ4n) is 0.993. The molecule has 0 aliphatic rings. The van der Waals surface area contributed by atoms with E-state index in [4.69, 9.17) is 5.11 Å². The first-order chi connectivity index (χ1) is 7.78. The van der Waals surface area contributed by atoms with E-state index in [1.165, 1.54) is 0 Å². The summed E-state index contributed by atoms with van der Waals surface area (Å²) in [6, 6.07) is 0.771. The molecule has 0 aromatic carbocycles. The lowest BCUT2D eigenvalue weighted by Crippen LogP contribution is -2.20. The van der Waals surface area contributed by atoms with Gasteiger partial charge in [0.1, 0.15) is 0 Å². The predicted molar refractivity (Wildman–Crippen MR) is 47.1 cm³/mol. The van der Waals surface area contributed by atoms with Crippen LogP contribution in [-0.4, -0.2) is 28.8 Å². The zero-order valence-corrected chi connectivity index (χ0v) is 8.29. The van der Waals surface area contributed by atoms with E-state index in [9.17, 15) is 22.4 Å². The van der Waals surface area contributed by atoms with Gasteiger partial charge in [-0.15, -0.1) is 0 Å². The van der Waals surface area contributed by atoms with Crippen molar-refractivity contribution < 1.29 is 32.2 Å². The van der Waals surface area contributed by atoms with Gasteiger partial charge in [-0.25, -0.2) is 9.37 Å². The van der Waals surface area contributed by atoms with Gasteiger partial charge in [-0.2, -0.15) is 13.2 Å². The number of rotatable bonds is 4. The third kappa shape index (κ3) is 4.66. The van der Waals surface area contributed by atoms with Crippen molar-refractivity contribution in [2.75, 3.05) is 6.61 Å². The quantitative estimate of drug-likeness (QED) is 0.831. The zero-order chi connectivity index (χ0) is 13.1. The number of carboxylic acid groups (broad SMARTS) is 1. The van der Waals surface area contributed by atoms with E-state index in [2.05, 4.69) is 9.72 Å². The van der Waals surface area contributed by atoms with Gasteiger partial charge in [-0.3, -0.25) is 4.79 Å². The van der Waals surface area contributed by atoms with Crippen LogP contribution in [0.15, 0.2) is 12.3 Å². The fourth-order valence-corrected chi connectivity index (χ4v) is 0.993. The summed E-state index contributed by atoms with van der Waals surface area (Å²) in [6.07, 6.45) is -4.11. The minimum atomic E-state index is -4.59. The summed E-state index contributed by atoms with van der Waals surface area (Å²) in [6.45, 7) is -1.66. The second-order valence-corrected chi connectivity index (χ2v) is 3.10. The number of nitrogens with zero attached hydrogens (tertiary/aromatic N) is 1. The summed E-state index contributed by atoms with van der Waals surface area (Å²) in [7, 11) is 0. The van der Waals surface area contributed by atoms with Gasteiger partial charge in [0, 0.05) is 6.20 Å². The summed E-state index contributed by atoms with van der Waals surface area (Å²) < 4.78 is 52.5. The Kier molecular flexibility index (Phi) is 3.87. The molecule has 1 aromatic rings. The summed E-state index contributed by atoms with van der Waals surface area (Å²) in [5.74, 6) is -3.14. The highest BCUT2D eigenvalue weighted by Crippen LogP contribution is 2.19. The number of carboxylic acids is 1. The van der Waals surface area contributed by atoms with E-state index in [0.717, 1.165) is 12.3 Å². The molecule has 8 heteroatoms. The Balaban J connectivity index is 2.73. The van der Waals surface area contributed by atoms with Gasteiger partial charge >= 0.3 is 12.1 Å². The van der Waals surface area contributed by atoms with Crippen LogP contribution in [0.2, 0.25) is 0 Å². The second kappa shape index (κ2) is 4.98. The lowest BCUT2D eigenvalue weighted by molar-refractivity contribution is -0.154. The first-order valence-corrected chi connectivity index (χ1v) is 4.33. The van der Waals surface area contributed by atoms with Crippen molar-refractivity contribution in [3.63, 3.8) is 0 Å². The number of alkyl halides is 3. The average Bonchev–Trinajstić information content (AvgIpc) is 2.13. The van der Waals surface area contributed by atoms with Gasteiger partial charge in [-0.1, -0.05) is 0 Å². The van der Waals surface area contributed by atoms with Gasteiger partial charge < -0.3 is 9.84 Å². The Labute approximate surface area is 92.8 Å². The maximum atomic E-state index is 13.1. The highest BCUT2D eigenvalue weighted by molar-refractivity contribution is 5.70. The number of pyridine rings is 1. The maximum Gasteiger partial charge on any atom is 0.422 e. The molecule has 1 N–H and O–H groups in total. The molecule has 0 saturated heterocycles. The summed E-state index contributed by atoms with van der Waals surface area (Å²) in [5.41, 5.74) is 0.0364. The van der Waals surface area contributed by atoms with Crippen LogP contribution in [0.3, 0.4) is 0 Å². The van der Waals surface area contributed by atoms with Crippen LogP contribution >= 0.6 is 0 Å². The average molecular weight is 253 g/mol. The molecule has 0 amide bonds. The fraction of sp³-hybridized carbons (Fsp3) is 0.333. The molecule has 0 bridgehead atoms. The maximum absolute atomic E-state index is 13.1. The lowest BCUT2D eigenvalue weighted by Gasteiger charge is -2.09. The normalized spacial score (nSPS) is 11.3. The zero-order valence-electron chi connectivity index (χ0n) is 8.29. The number of aromatic nitrogens is 1. The molecule has 0 aliphatic carbocycles. The Morgan fingerprint density at radius 3 is 2.59 bits per heavy atom. The third-order valence-electron chi connectivity index (χ3n) is 1.59. The van der Waals surface area contributed by atoms with Gasteiger partial charge in [0.05, 0.1) is 6.42 Å². The van der Waals surface area contributed by atoms with E-state index in [0.29, 0.717) is 0 Å². The standard InChI is InChI=1S/C9H7F4NO3/c10-6-1-5(2-7(15)16)3-14-8(6)17-4-9(11,12)13/h1,3H,2,4H2,(H,15,16). The molecule has 0 spiro atoms. The monoisotopic (exact) mass is 253 g/mol. The smallest absolute Gasteiger partial charge is 0.422 e.